The fourth-order valence-corrected chi connectivity index (χ4v) is 4.09. The monoisotopic (exact) mass is 380 g/mol. The molecule has 3 aromatic carbocycles. The summed E-state index contributed by atoms with van der Waals surface area (Å²) in [5.74, 6) is -1.49. The fourth-order valence-electron chi connectivity index (χ4n) is 4.09. The summed E-state index contributed by atoms with van der Waals surface area (Å²) in [6, 6.07) is 24.8. The van der Waals surface area contributed by atoms with E-state index in [-0.39, 0.29) is 28.7 Å². The Morgan fingerprint density at radius 1 is 0.690 bits per heavy atom. The third-order valence-electron chi connectivity index (χ3n) is 5.45. The molecule has 5 rings (SSSR count). The Hall–Kier alpha value is -3.79. The third-order valence-corrected chi connectivity index (χ3v) is 5.45. The minimum absolute atomic E-state index is 0.00293. The predicted octanol–water partition coefficient (Wildman–Crippen LogP) is 4.39. The van der Waals surface area contributed by atoms with Gasteiger partial charge in [0, 0.05) is 16.7 Å². The maximum absolute atomic E-state index is 13.3. The van der Waals surface area contributed by atoms with E-state index in [1.807, 2.05) is 36.4 Å². The Bertz CT molecular complexity index is 1180. The molecule has 0 fully saturated rings. The summed E-state index contributed by atoms with van der Waals surface area (Å²) in [7, 11) is 0. The third kappa shape index (κ3) is 2.64. The van der Waals surface area contributed by atoms with E-state index in [0.717, 1.165) is 5.56 Å². The predicted molar refractivity (Wildman–Crippen MR) is 107 cm³/mol. The number of carbonyl (C=O) groups is 3. The Balaban J connectivity index is 1.67. The molecule has 0 unspecified atom stereocenters. The van der Waals surface area contributed by atoms with Crippen LogP contribution in [0, 0.1) is 0 Å². The highest BCUT2D eigenvalue weighted by molar-refractivity contribution is 6.27. The molecule has 140 valence electrons. The zero-order valence-electron chi connectivity index (χ0n) is 15.4. The van der Waals surface area contributed by atoms with Crippen molar-refractivity contribution in [3.63, 3.8) is 0 Å². The van der Waals surface area contributed by atoms with Crippen molar-refractivity contribution in [3.05, 3.63) is 119 Å². The molecule has 2 atom stereocenters. The molecular formula is C25H16O4. The minimum Gasteiger partial charge on any atom is -0.477 e. The molecule has 29 heavy (non-hydrogen) atoms. The van der Waals surface area contributed by atoms with Gasteiger partial charge in [-0.1, -0.05) is 84.9 Å². The lowest BCUT2D eigenvalue weighted by atomic mass is 9.78. The molecule has 2 aliphatic rings. The number of rotatable bonds is 3. The average molecular weight is 380 g/mol. The molecule has 4 nitrogen and oxygen atoms in total. The van der Waals surface area contributed by atoms with Crippen LogP contribution in [0.25, 0.3) is 0 Å². The van der Waals surface area contributed by atoms with Crippen LogP contribution in [0.2, 0.25) is 0 Å². The molecule has 0 N–H and O–H groups in total. The van der Waals surface area contributed by atoms with Gasteiger partial charge in [-0.25, -0.2) is 0 Å². The van der Waals surface area contributed by atoms with Crippen LogP contribution in [-0.2, 0) is 4.74 Å². The van der Waals surface area contributed by atoms with E-state index in [1.165, 1.54) is 0 Å². The fraction of sp³-hybridized carbons (Fsp3) is 0.0800. The van der Waals surface area contributed by atoms with Crippen LogP contribution in [0.4, 0.5) is 0 Å². The largest absolute Gasteiger partial charge is 0.477 e. The van der Waals surface area contributed by atoms with Gasteiger partial charge >= 0.3 is 0 Å². The van der Waals surface area contributed by atoms with Crippen molar-refractivity contribution in [1.29, 1.82) is 0 Å². The molecular weight excluding hydrogens is 364 g/mol. The summed E-state index contributed by atoms with van der Waals surface area (Å²) in [6.07, 6.45) is -0.966. The molecule has 4 heteroatoms. The lowest BCUT2D eigenvalue weighted by Gasteiger charge is -2.20. The van der Waals surface area contributed by atoms with E-state index < -0.39 is 12.0 Å². The SMILES string of the molecule is O=C1C2=C(C(=O)c3ccccc31)[C@@H](c1ccccc1)[C@H](C(=O)c1ccccc1)O2. The van der Waals surface area contributed by atoms with Crippen LogP contribution in [0.5, 0.6) is 0 Å². The van der Waals surface area contributed by atoms with Crippen LogP contribution < -0.4 is 0 Å². The number of hydrogen-bond acceptors (Lipinski definition) is 4. The van der Waals surface area contributed by atoms with Crippen LogP contribution >= 0.6 is 0 Å². The maximum atomic E-state index is 13.3. The molecule has 0 amide bonds. The maximum Gasteiger partial charge on any atom is 0.228 e. The van der Waals surface area contributed by atoms with Crippen molar-refractivity contribution in [3.8, 4) is 0 Å². The van der Waals surface area contributed by atoms with Crippen LogP contribution in [0.3, 0.4) is 0 Å². The second kappa shape index (κ2) is 6.67. The second-order valence-electron chi connectivity index (χ2n) is 7.10. The Labute approximate surface area is 167 Å². The van der Waals surface area contributed by atoms with E-state index in [1.54, 1.807) is 48.5 Å². The van der Waals surface area contributed by atoms with Crippen molar-refractivity contribution >= 4 is 17.3 Å². The summed E-state index contributed by atoms with van der Waals surface area (Å²) in [4.78, 5) is 39.7. The molecule has 1 aliphatic heterocycles. The van der Waals surface area contributed by atoms with Crippen molar-refractivity contribution in [2.24, 2.45) is 0 Å². The first kappa shape index (κ1) is 17.3. The van der Waals surface area contributed by atoms with Gasteiger partial charge in [0.2, 0.25) is 11.6 Å². The number of fused-ring (bicyclic) bond motifs is 1. The Morgan fingerprint density at radius 2 is 1.24 bits per heavy atom. The highest BCUT2D eigenvalue weighted by Gasteiger charge is 2.49. The number of allylic oxidation sites excluding steroid dienone is 1. The molecule has 1 aliphatic carbocycles. The first-order valence-electron chi connectivity index (χ1n) is 9.40. The highest BCUT2D eigenvalue weighted by atomic mass is 16.5. The number of benzene rings is 3. The summed E-state index contributed by atoms with van der Waals surface area (Å²) in [6.45, 7) is 0. The summed E-state index contributed by atoms with van der Waals surface area (Å²) in [5, 5.41) is 0. The van der Waals surface area contributed by atoms with Crippen molar-refractivity contribution in [1.82, 2.24) is 0 Å². The number of ether oxygens (including phenoxy) is 1. The van der Waals surface area contributed by atoms with Crippen molar-refractivity contribution in [2.45, 2.75) is 12.0 Å². The van der Waals surface area contributed by atoms with Crippen molar-refractivity contribution in [2.75, 3.05) is 0 Å². The quantitative estimate of drug-likeness (QED) is 0.633. The molecule has 0 radical (unpaired) electrons. The van der Waals surface area contributed by atoms with Gasteiger partial charge in [-0.2, -0.15) is 0 Å². The van der Waals surface area contributed by atoms with Gasteiger partial charge in [-0.15, -0.1) is 0 Å². The first-order valence-corrected chi connectivity index (χ1v) is 9.40. The summed E-state index contributed by atoms with van der Waals surface area (Å²) in [5.41, 5.74) is 2.20. The zero-order valence-corrected chi connectivity index (χ0v) is 15.4. The van der Waals surface area contributed by atoms with Gasteiger partial charge in [-0.05, 0) is 5.56 Å². The van der Waals surface area contributed by atoms with Gasteiger partial charge in [0.25, 0.3) is 0 Å². The lowest BCUT2D eigenvalue weighted by Crippen LogP contribution is -2.28. The van der Waals surface area contributed by atoms with Gasteiger partial charge in [-0.3, -0.25) is 14.4 Å². The van der Waals surface area contributed by atoms with Crippen LogP contribution in [0.1, 0.15) is 42.6 Å². The second-order valence-corrected chi connectivity index (χ2v) is 7.10. The topological polar surface area (TPSA) is 60.4 Å². The van der Waals surface area contributed by atoms with Crippen LogP contribution in [-0.4, -0.2) is 23.5 Å². The molecule has 1 heterocycles. The highest BCUT2D eigenvalue weighted by Crippen LogP contribution is 2.45. The number of carbonyl (C=O) groups excluding carboxylic acids is 3. The normalized spacial score (nSPS) is 20.1. The standard InChI is InChI=1S/C25H16O4/c26-21(16-11-5-2-6-12-16)24-19(15-9-3-1-4-10-15)20-22(27)17-13-7-8-14-18(17)23(28)25(20)29-24/h1-14,19,24H/t19-,24-/m1/s1. The van der Waals surface area contributed by atoms with Gasteiger partial charge in [0.15, 0.2) is 17.6 Å². The van der Waals surface area contributed by atoms with E-state index in [2.05, 4.69) is 0 Å². The molecule has 0 bridgehead atoms. The number of ketones is 3. The van der Waals surface area contributed by atoms with E-state index in [9.17, 15) is 14.4 Å². The van der Waals surface area contributed by atoms with Crippen LogP contribution in [0.15, 0.2) is 96.3 Å². The van der Waals surface area contributed by atoms with Crippen molar-refractivity contribution < 1.29 is 19.1 Å². The van der Waals surface area contributed by atoms with Gasteiger partial charge in [0.1, 0.15) is 0 Å². The number of hydrogen-bond donors (Lipinski definition) is 0. The molecule has 3 aromatic rings. The molecule has 0 saturated heterocycles. The van der Waals surface area contributed by atoms with Gasteiger partial charge < -0.3 is 4.74 Å². The number of Topliss-reactive ketones (excluding diaryl/α,β-unsaturated/α-hetero) is 3. The lowest BCUT2D eigenvalue weighted by molar-refractivity contribution is 0.0640. The smallest absolute Gasteiger partial charge is 0.228 e. The van der Waals surface area contributed by atoms with Gasteiger partial charge in [0.05, 0.1) is 11.5 Å². The Kier molecular flexibility index (Phi) is 3.98. The zero-order chi connectivity index (χ0) is 20.0. The summed E-state index contributed by atoms with van der Waals surface area (Å²) < 4.78 is 5.95. The molecule has 0 saturated carbocycles. The van der Waals surface area contributed by atoms with E-state index in [4.69, 9.17) is 4.74 Å². The molecule has 0 aromatic heterocycles. The summed E-state index contributed by atoms with van der Waals surface area (Å²) >= 11 is 0. The van der Waals surface area contributed by atoms with E-state index in [0.29, 0.717) is 16.7 Å². The first-order chi connectivity index (χ1) is 14.2. The minimum atomic E-state index is -0.966. The Morgan fingerprint density at radius 3 is 1.90 bits per heavy atom. The average Bonchev–Trinajstić information content (AvgIpc) is 3.19. The molecule has 0 spiro atoms. The van der Waals surface area contributed by atoms with E-state index >= 15 is 0 Å².